The molecule has 0 amide bonds. The summed E-state index contributed by atoms with van der Waals surface area (Å²) >= 11 is 0. The first kappa shape index (κ1) is 17.2. The minimum absolute atomic E-state index is 0.248. The van der Waals surface area contributed by atoms with Crippen LogP contribution in [0.2, 0.25) is 0 Å². The number of nitrogens with two attached hydrogens (primary N) is 1. The summed E-state index contributed by atoms with van der Waals surface area (Å²) in [7, 11) is 0. The lowest BCUT2D eigenvalue weighted by Gasteiger charge is -2.59. The fraction of sp³-hybridized carbons (Fsp3) is 0.864. The molecule has 144 valence electrons. The lowest BCUT2D eigenvalue weighted by Crippen LogP contribution is -2.53. The predicted molar refractivity (Wildman–Crippen MR) is 103 cm³/mol. The van der Waals surface area contributed by atoms with Crippen molar-refractivity contribution in [2.45, 2.75) is 77.9 Å². The van der Waals surface area contributed by atoms with Gasteiger partial charge in [0, 0.05) is 24.0 Å². The monoisotopic (exact) mass is 358 g/mol. The summed E-state index contributed by atoms with van der Waals surface area (Å²) < 4.78 is 12.2. The van der Waals surface area contributed by atoms with E-state index in [4.69, 9.17) is 15.3 Å². The minimum Gasteiger partial charge on any atom is -0.347 e. The van der Waals surface area contributed by atoms with Crippen molar-refractivity contribution < 1.29 is 9.47 Å². The molecule has 3 saturated carbocycles. The lowest BCUT2D eigenvalue weighted by molar-refractivity contribution is -0.185. The number of allylic oxidation sites excluding steroid dienone is 1. The van der Waals surface area contributed by atoms with E-state index >= 15 is 0 Å². The Morgan fingerprint density at radius 2 is 1.73 bits per heavy atom. The van der Waals surface area contributed by atoms with Crippen molar-refractivity contribution in [3.05, 3.63) is 11.1 Å². The molecule has 26 heavy (non-hydrogen) atoms. The predicted octanol–water partition coefficient (Wildman–Crippen LogP) is 4.40. The highest BCUT2D eigenvalue weighted by Crippen LogP contribution is 2.66. The topological polar surface area (TPSA) is 56.8 Å². The van der Waals surface area contributed by atoms with Crippen molar-refractivity contribution >= 4 is 5.71 Å². The molecule has 5 atom stereocenters. The quantitative estimate of drug-likeness (QED) is 0.397. The zero-order valence-corrected chi connectivity index (χ0v) is 16.6. The van der Waals surface area contributed by atoms with Gasteiger partial charge in [0.1, 0.15) is 0 Å². The van der Waals surface area contributed by atoms with Gasteiger partial charge in [0.15, 0.2) is 5.79 Å². The van der Waals surface area contributed by atoms with Crippen LogP contribution in [0.1, 0.15) is 72.1 Å². The number of nitrogens with zero attached hydrogens (tertiary/aromatic N) is 1. The molecule has 1 aliphatic heterocycles. The number of rotatable bonds is 0. The van der Waals surface area contributed by atoms with Gasteiger partial charge in [-0.3, -0.25) is 0 Å². The highest BCUT2D eigenvalue weighted by Gasteiger charge is 2.60. The second kappa shape index (κ2) is 5.57. The molecule has 4 fully saturated rings. The molecule has 1 spiro atoms. The first-order chi connectivity index (χ1) is 12.4. The molecular weight excluding hydrogens is 324 g/mol. The summed E-state index contributed by atoms with van der Waals surface area (Å²) in [5, 5.41) is 4.22. The summed E-state index contributed by atoms with van der Waals surface area (Å²) in [5.74, 6) is 7.81. The molecule has 4 aliphatic carbocycles. The van der Waals surface area contributed by atoms with Gasteiger partial charge < -0.3 is 15.3 Å². The van der Waals surface area contributed by atoms with Gasteiger partial charge in [-0.15, -0.1) is 0 Å². The van der Waals surface area contributed by atoms with E-state index in [0.29, 0.717) is 5.41 Å². The van der Waals surface area contributed by atoms with Crippen LogP contribution in [0.4, 0.5) is 0 Å². The van der Waals surface area contributed by atoms with Crippen LogP contribution < -0.4 is 5.84 Å². The van der Waals surface area contributed by atoms with Crippen molar-refractivity contribution in [1.82, 2.24) is 0 Å². The molecular formula is C22H34N2O2. The van der Waals surface area contributed by atoms with Gasteiger partial charge in [-0.2, -0.15) is 5.10 Å². The van der Waals surface area contributed by atoms with E-state index in [1.54, 1.807) is 11.1 Å². The zero-order chi connectivity index (χ0) is 18.2. The molecule has 0 radical (unpaired) electrons. The number of hydrazone groups is 1. The van der Waals surface area contributed by atoms with Gasteiger partial charge in [0.05, 0.1) is 13.2 Å². The second-order valence-electron chi connectivity index (χ2n) is 10.1. The highest BCUT2D eigenvalue weighted by atomic mass is 16.7. The summed E-state index contributed by atoms with van der Waals surface area (Å²) in [4.78, 5) is 0. The molecule has 1 heterocycles. The smallest absolute Gasteiger partial charge is 0.172 e. The van der Waals surface area contributed by atoms with Crippen molar-refractivity contribution in [1.29, 1.82) is 0 Å². The Bertz CT molecular complexity index is 678. The highest BCUT2D eigenvalue weighted by molar-refractivity contribution is 5.92. The first-order valence-corrected chi connectivity index (χ1v) is 10.7. The third kappa shape index (κ3) is 2.12. The molecule has 0 aromatic heterocycles. The third-order valence-corrected chi connectivity index (χ3v) is 9.18. The lowest BCUT2D eigenvalue weighted by atomic mass is 9.46. The van der Waals surface area contributed by atoms with Crippen molar-refractivity contribution in [2.75, 3.05) is 13.2 Å². The van der Waals surface area contributed by atoms with E-state index in [9.17, 15) is 0 Å². The van der Waals surface area contributed by atoms with Gasteiger partial charge in [0.25, 0.3) is 0 Å². The SMILES string of the molecule is CC1=C2CC3(CCC2(C)C2CCC4(C)/C(=N\N)CCC4C2C1)OCCO3. The average Bonchev–Trinajstić information content (AvgIpc) is 3.21. The van der Waals surface area contributed by atoms with Crippen LogP contribution >= 0.6 is 0 Å². The third-order valence-electron chi connectivity index (χ3n) is 9.18. The maximum Gasteiger partial charge on any atom is 0.172 e. The maximum absolute atomic E-state index is 6.09. The Morgan fingerprint density at radius 1 is 1.00 bits per heavy atom. The van der Waals surface area contributed by atoms with Crippen LogP contribution in [-0.4, -0.2) is 24.7 Å². The van der Waals surface area contributed by atoms with E-state index in [1.165, 1.54) is 37.8 Å². The maximum atomic E-state index is 6.09. The Morgan fingerprint density at radius 3 is 2.46 bits per heavy atom. The number of hydrogen-bond donors (Lipinski definition) is 1. The normalized spacial score (nSPS) is 48.6. The molecule has 5 rings (SSSR count). The van der Waals surface area contributed by atoms with Gasteiger partial charge in [-0.25, -0.2) is 0 Å². The Hall–Kier alpha value is -0.870. The second-order valence-corrected chi connectivity index (χ2v) is 10.1. The zero-order valence-electron chi connectivity index (χ0n) is 16.6. The van der Waals surface area contributed by atoms with E-state index in [-0.39, 0.29) is 11.2 Å². The van der Waals surface area contributed by atoms with Crippen LogP contribution in [-0.2, 0) is 9.47 Å². The summed E-state index contributed by atoms with van der Waals surface area (Å²) in [6, 6.07) is 0. The molecule has 4 heteroatoms. The Kier molecular flexibility index (Phi) is 3.70. The summed E-state index contributed by atoms with van der Waals surface area (Å²) in [5.41, 5.74) is 5.15. The minimum atomic E-state index is -0.307. The van der Waals surface area contributed by atoms with Crippen LogP contribution in [0.15, 0.2) is 16.2 Å². The standard InChI is InChI=1S/C22H34N2O2/c1-14-12-15-16-4-5-19(24-23)21(16,3)7-6-17(15)20(2)8-9-22(13-18(14)20)25-10-11-26-22/h15-17H,4-13,23H2,1-3H3/b24-19-. The van der Waals surface area contributed by atoms with E-state index < -0.39 is 0 Å². The van der Waals surface area contributed by atoms with Gasteiger partial charge in [0.2, 0.25) is 0 Å². The average molecular weight is 359 g/mol. The summed E-state index contributed by atoms with van der Waals surface area (Å²) in [6.07, 6.45) is 9.48. The van der Waals surface area contributed by atoms with Gasteiger partial charge in [-0.05, 0) is 68.6 Å². The molecule has 5 unspecified atom stereocenters. The molecule has 1 saturated heterocycles. The number of ether oxygens (including phenoxy) is 2. The molecule has 2 N–H and O–H groups in total. The van der Waals surface area contributed by atoms with Gasteiger partial charge in [-0.1, -0.05) is 25.0 Å². The number of fused-ring (bicyclic) bond motifs is 5. The Labute approximate surface area is 157 Å². The van der Waals surface area contributed by atoms with Crippen LogP contribution in [0, 0.1) is 28.6 Å². The van der Waals surface area contributed by atoms with E-state index in [1.807, 2.05) is 0 Å². The largest absolute Gasteiger partial charge is 0.347 e. The molecule has 0 bridgehead atoms. The van der Waals surface area contributed by atoms with Crippen molar-refractivity contribution in [3.63, 3.8) is 0 Å². The first-order valence-electron chi connectivity index (χ1n) is 10.7. The van der Waals surface area contributed by atoms with E-state index in [2.05, 4.69) is 25.9 Å². The van der Waals surface area contributed by atoms with Crippen LogP contribution in [0.5, 0.6) is 0 Å². The number of hydrogen-bond acceptors (Lipinski definition) is 4. The van der Waals surface area contributed by atoms with Crippen LogP contribution in [0.3, 0.4) is 0 Å². The fourth-order valence-corrected chi connectivity index (χ4v) is 7.79. The van der Waals surface area contributed by atoms with Gasteiger partial charge >= 0.3 is 0 Å². The molecule has 0 aromatic rings. The summed E-state index contributed by atoms with van der Waals surface area (Å²) in [6.45, 7) is 8.91. The molecule has 0 aromatic carbocycles. The van der Waals surface area contributed by atoms with Crippen LogP contribution in [0.25, 0.3) is 0 Å². The van der Waals surface area contributed by atoms with E-state index in [0.717, 1.165) is 50.2 Å². The van der Waals surface area contributed by atoms with Crippen molar-refractivity contribution in [3.8, 4) is 0 Å². The Balaban J connectivity index is 1.51. The van der Waals surface area contributed by atoms with Crippen molar-refractivity contribution in [2.24, 2.45) is 39.5 Å². The molecule has 4 nitrogen and oxygen atoms in total. The molecule has 5 aliphatic rings. The fourth-order valence-electron chi connectivity index (χ4n) is 7.79.